The lowest BCUT2D eigenvalue weighted by Crippen LogP contribution is -2.05. The summed E-state index contributed by atoms with van der Waals surface area (Å²) in [6.07, 6.45) is 2.30. The molecule has 0 amide bonds. The van der Waals surface area contributed by atoms with Crippen LogP contribution in [0, 0.1) is 13.8 Å². The summed E-state index contributed by atoms with van der Waals surface area (Å²) in [5, 5.41) is 0. The highest BCUT2D eigenvalue weighted by atomic mass is 16.5. The maximum atomic E-state index is 11.0. The Hall–Kier alpha value is -1.25. The zero-order chi connectivity index (χ0) is 13.0. The van der Waals surface area contributed by atoms with Crippen LogP contribution in [0.3, 0.4) is 0 Å². The molecule has 0 spiro atoms. The zero-order valence-corrected chi connectivity index (χ0v) is 11.5. The Balaban J connectivity index is 2.67. The molecule has 3 heteroatoms. The summed E-state index contributed by atoms with van der Waals surface area (Å²) < 4.78 is 6.98. The Kier molecular flexibility index (Phi) is 4.79. The second kappa shape index (κ2) is 5.89. The molecule has 0 bridgehead atoms. The molecule has 0 saturated carbocycles. The van der Waals surface area contributed by atoms with E-state index in [1.807, 2.05) is 0 Å². The van der Waals surface area contributed by atoms with Gasteiger partial charge in [0, 0.05) is 23.9 Å². The van der Waals surface area contributed by atoms with Crippen molar-refractivity contribution in [3.05, 3.63) is 23.0 Å². The van der Waals surface area contributed by atoms with Crippen molar-refractivity contribution in [3.8, 4) is 0 Å². The van der Waals surface area contributed by atoms with E-state index in [9.17, 15) is 4.79 Å². The average molecular weight is 237 g/mol. The first-order valence-corrected chi connectivity index (χ1v) is 6.21. The van der Waals surface area contributed by atoms with Gasteiger partial charge in [-0.25, -0.2) is 0 Å². The van der Waals surface area contributed by atoms with Gasteiger partial charge in [0.15, 0.2) is 0 Å². The molecule has 0 N–H and O–H groups in total. The number of aryl methyl sites for hydroxylation is 2. The Bertz CT molecular complexity index is 391. The molecule has 0 aliphatic rings. The van der Waals surface area contributed by atoms with E-state index in [-0.39, 0.29) is 5.97 Å². The molecule has 0 atom stereocenters. The van der Waals surface area contributed by atoms with Gasteiger partial charge in [0.1, 0.15) is 0 Å². The van der Waals surface area contributed by atoms with E-state index in [1.54, 1.807) is 0 Å². The number of methoxy groups -OCH3 is 1. The summed E-state index contributed by atoms with van der Waals surface area (Å²) in [7, 11) is 1.44. The van der Waals surface area contributed by atoms with Crippen molar-refractivity contribution in [1.82, 2.24) is 4.57 Å². The second-order valence-electron chi connectivity index (χ2n) is 4.79. The maximum absolute atomic E-state index is 11.0. The van der Waals surface area contributed by atoms with Crippen LogP contribution in [-0.4, -0.2) is 17.6 Å². The lowest BCUT2D eigenvalue weighted by molar-refractivity contribution is -0.140. The van der Waals surface area contributed by atoms with Crippen molar-refractivity contribution in [3.63, 3.8) is 0 Å². The molecule has 0 aliphatic heterocycles. The zero-order valence-electron chi connectivity index (χ0n) is 11.5. The van der Waals surface area contributed by atoms with Crippen molar-refractivity contribution >= 4 is 5.97 Å². The summed E-state index contributed by atoms with van der Waals surface area (Å²) in [6.45, 7) is 8.67. The Morgan fingerprint density at radius 3 is 2.53 bits per heavy atom. The average Bonchev–Trinajstić information content (AvgIpc) is 2.53. The summed E-state index contributed by atoms with van der Waals surface area (Å²) in [4.78, 5) is 11.0. The van der Waals surface area contributed by atoms with Crippen molar-refractivity contribution in [2.45, 2.75) is 53.0 Å². The summed E-state index contributed by atoms with van der Waals surface area (Å²) >= 11 is 0. The van der Waals surface area contributed by atoms with Crippen LogP contribution >= 0.6 is 0 Å². The fourth-order valence-corrected chi connectivity index (χ4v) is 2.42. The van der Waals surface area contributed by atoms with E-state index >= 15 is 0 Å². The molecule has 0 aromatic carbocycles. The molecule has 1 rings (SSSR count). The standard InChI is InChI=1S/C14H23NO2/c1-10(2)15-11(3)9-13(12(15)4)7-6-8-14(16)17-5/h9-10H,6-8H2,1-5H3. The summed E-state index contributed by atoms with van der Waals surface area (Å²) in [5.74, 6) is -0.123. The minimum Gasteiger partial charge on any atom is -0.469 e. The number of esters is 1. The quantitative estimate of drug-likeness (QED) is 0.736. The van der Waals surface area contributed by atoms with Gasteiger partial charge < -0.3 is 9.30 Å². The highest BCUT2D eigenvalue weighted by molar-refractivity contribution is 5.69. The molecule has 0 radical (unpaired) electrons. The molecular formula is C14H23NO2. The third kappa shape index (κ3) is 3.35. The molecule has 0 aliphatic carbocycles. The predicted octanol–water partition coefficient (Wildman–Crippen LogP) is 3.18. The van der Waals surface area contributed by atoms with E-state index in [1.165, 1.54) is 24.1 Å². The van der Waals surface area contributed by atoms with Gasteiger partial charge >= 0.3 is 5.97 Å². The number of hydrogen-bond donors (Lipinski definition) is 0. The molecule has 3 nitrogen and oxygen atoms in total. The highest BCUT2D eigenvalue weighted by Gasteiger charge is 2.11. The molecule has 1 aromatic heterocycles. The molecular weight excluding hydrogens is 214 g/mol. The monoisotopic (exact) mass is 237 g/mol. The fraction of sp³-hybridized carbons (Fsp3) is 0.643. The van der Waals surface area contributed by atoms with Gasteiger partial charge in [-0.05, 0) is 52.2 Å². The third-order valence-corrected chi connectivity index (χ3v) is 3.16. The van der Waals surface area contributed by atoms with Crippen LogP contribution in [-0.2, 0) is 16.0 Å². The number of carbonyl (C=O) groups is 1. The lowest BCUT2D eigenvalue weighted by atomic mass is 10.1. The Morgan fingerprint density at radius 1 is 1.41 bits per heavy atom. The first kappa shape index (κ1) is 13.8. The number of rotatable bonds is 5. The minimum absolute atomic E-state index is 0.123. The molecule has 0 unspecified atom stereocenters. The maximum Gasteiger partial charge on any atom is 0.305 e. The van der Waals surface area contributed by atoms with Gasteiger partial charge in [0.25, 0.3) is 0 Å². The number of nitrogens with zero attached hydrogens (tertiary/aromatic N) is 1. The van der Waals surface area contributed by atoms with Crippen LogP contribution in [0.25, 0.3) is 0 Å². The minimum atomic E-state index is -0.123. The van der Waals surface area contributed by atoms with Gasteiger partial charge in [-0.3, -0.25) is 4.79 Å². The van der Waals surface area contributed by atoms with Crippen LogP contribution in [0.4, 0.5) is 0 Å². The fourth-order valence-electron chi connectivity index (χ4n) is 2.42. The first-order chi connectivity index (χ1) is 7.97. The van der Waals surface area contributed by atoms with Gasteiger partial charge in [0.05, 0.1) is 7.11 Å². The van der Waals surface area contributed by atoms with Crippen LogP contribution in [0.15, 0.2) is 6.07 Å². The molecule has 1 heterocycles. The van der Waals surface area contributed by atoms with Crippen LogP contribution in [0.2, 0.25) is 0 Å². The predicted molar refractivity (Wildman–Crippen MR) is 69.2 cm³/mol. The molecule has 17 heavy (non-hydrogen) atoms. The van der Waals surface area contributed by atoms with E-state index < -0.39 is 0 Å². The topological polar surface area (TPSA) is 31.2 Å². The first-order valence-electron chi connectivity index (χ1n) is 6.21. The number of hydrogen-bond acceptors (Lipinski definition) is 2. The molecule has 0 saturated heterocycles. The summed E-state index contributed by atoms with van der Waals surface area (Å²) in [5.41, 5.74) is 3.97. The largest absolute Gasteiger partial charge is 0.469 e. The molecule has 0 fully saturated rings. The van der Waals surface area contributed by atoms with Crippen LogP contribution < -0.4 is 0 Å². The SMILES string of the molecule is COC(=O)CCCc1cc(C)n(C(C)C)c1C. The van der Waals surface area contributed by atoms with Crippen molar-refractivity contribution in [1.29, 1.82) is 0 Å². The second-order valence-corrected chi connectivity index (χ2v) is 4.79. The highest BCUT2D eigenvalue weighted by Crippen LogP contribution is 2.21. The molecule has 96 valence electrons. The van der Waals surface area contributed by atoms with Crippen molar-refractivity contribution in [2.24, 2.45) is 0 Å². The smallest absolute Gasteiger partial charge is 0.305 e. The van der Waals surface area contributed by atoms with Crippen molar-refractivity contribution < 1.29 is 9.53 Å². The van der Waals surface area contributed by atoms with Crippen molar-refractivity contribution in [2.75, 3.05) is 7.11 Å². The van der Waals surface area contributed by atoms with E-state index in [0.717, 1.165) is 12.8 Å². The lowest BCUT2D eigenvalue weighted by Gasteiger charge is -2.13. The van der Waals surface area contributed by atoms with E-state index in [4.69, 9.17) is 0 Å². The van der Waals surface area contributed by atoms with E-state index in [0.29, 0.717) is 12.5 Å². The Morgan fingerprint density at radius 2 is 2.06 bits per heavy atom. The Labute approximate surface area is 104 Å². The summed E-state index contributed by atoms with van der Waals surface area (Å²) in [6, 6.07) is 2.72. The van der Waals surface area contributed by atoms with Gasteiger partial charge in [-0.1, -0.05) is 0 Å². The van der Waals surface area contributed by atoms with Gasteiger partial charge in [-0.15, -0.1) is 0 Å². The number of aromatic nitrogens is 1. The van der Waals surface area contributed by atoms with E-state index in [2.05, 4.69) is 43.1 Å². The number of ether oxygens (including phenoxy) is 1. The van der Waals surface area contributed by atoms with Crippen LogP contribution in [0.1, 0.15) is 49.7 Å². The normalized spacial score (nSPS) is 10.9. The number of carbonyl (C=O) groups excluding carboxylic acids is 1. The van der Waals surface area contributed by atoms with Gasteiger partial charge in [-0.2, -0.15) is 0 Å². The van der Waals surface area contributed by atoms with Gasteiger partial charge in [0.2, 0.25) is 0 Å². The third-order valence-electron chi connectivity index (χ3n) is 3.16. The van der Waals surface area contributed by atoms with Crippen LogP contribution in [0.5, 0.6) is 0 Å². The molecule has 1 aromatic rings.